The van der Waals surface area contributed by atoms with Crippen molar-refractivity contribution in [3.63, 3.8) is 0 Å². The van der Waals surface area contributed by atoms with Crippen molar-refractivity contribution in [1.82, 2.24) is 10.3 Å². The van der Waals surface area contributed by atoms with Crippen molar-refractivity contribution in [2.24, 2.45) is 11.8 Å². The minimum Gasteiger partial charge on any atom is -0.380 e. The lowest BCUT2D eigenvalue weighted by molar-refractivity contribution is -0.128. The summed E-state index contributed by atoms with van der Waals surface area (Å²) in [7, 11) is 1.73. The Kier molecular flexibility index (Phi) is 5.18. The standard InChI is InChI=1S/C11H23N3O2/c1-4-9(11(15)13-12)14-6-5-8(2)10(7-14)16-3/h8-10H,4-7,12H2,1-3H3,(H,13,15). The van der Waals surface area contributed by atoms with Gasteiger partial charge in [-0.2, -0.15) is 0 Å². The third kappa shape index (κ3) is 2.93. The first-order chi connectivity index (χ1) is 7.63. The molecule has 0 aromatic rings. The fraction of sp³-hybridized carbons (Fsp3) is 0.909. The van der Waals surface area contributed by atoms with Gasteiger partial charge in [-0.15, -0.1) is 0 Å². The van der Waals surface area contributed by atoms with Gasteiger partial charge < -0.3 is 4.74 Å². The van der Waals surface area contributed by atoms with Gasteiger partial charge >= 0.3 is 0 Å². The summed E-state index contributed by atoms with van der Waals surface area (Å²) in [6.07, 6.45) is 2.05. The van der Waals surface area contributed by atoms with E-state index in [1.807, 2.05) is 6.92 Å². The van der Waals surface area contributed by atoms with Gasteiger partial charge in [0.2, 0.25) is 0 Å². The molecule has 1 rings (SSSR count). The highest BCUT2D eigenvalue weighted by Gasteiger charge is 2.32. The highest BCUT2D eigenvalue weighted by Crippen LogP contribution is 2.21. The Morgan fingerprint density at radius 1 is 1.69 bits per heavy atom. The van der Waals surface area contributed by atoms with Crippen molar-refractivity contribution in [1.29, 1.82) is 0 Å². The zero-order valence-electron chi connectivity index (χ0n) is 10.4. The van der Waals surface area contributed by atoms with E-state index >= 15 is 0 Å². The van der Waals surface area contributed by atoms with E-state index in [0.717, 1.165) is 25.9 Å². The molecule has 5 heteroatoms. The van der Waals surface area contributed by atoms with Gasteiger partial charge in [-0.25, -0.2) is 5.84 Å². The van der Waals surface area contributed by atoms with Crippen molar-refractivity contribution < 1.29 is 9.53 Å². The van der Waals surface area contributed by atoms with Crippen LogP contribution < -0.4 is 11.3 Å². The van der Waals surface area contributed by atoms with E-state index in [1.165, 1.54) is 0 Å². The fourth-order valence-electron chi connectivity index (χ4n) is 2.35. The van der Waals surface area contributed by atoms with Crippen LogP contribution in [0.5, 0.6) is 0 Å². The average molecular weight is 229 g/mol. The Bertz CT molecular complexity index is 235. The van der Waals surface area contributed by atoms with Crippen LogP contribution in [-0.4, -0.2) is 43.2 Å². The predicted molar refractivity (Wildman–Crippen MR) is 62.6 cm³/mol. The highest BCUT2D eigenvalue weighted by atomic mass is 16.5. The summed E-state index contributed by atoms with van der Waals surface area (Å²) in [6, 6.07) is -0.129. The number of piperidine rings is 1. The van der Waals surface area contributed by atoms with Crippen LogP contribution in [-0.2, 0) is 9.53 Å². The van der Waals surface area contributed by atoms with Crippen LogP contribution in [0.4, 0.5) is 0 Å². The third-order valence-electron chi connectivity index (χ3n) is 3.50. The van der Waals surface area contributed by atoms with Gasteiger partial charge in [-0.3, -0.25) is 15.1 Å². The van der Waals surface area contributed by atoms with Crippen molar-refractivity contribution in [3.8, 4) is 0 Å². The molecule has 0 aromatic carbocycles. The number of methoxy groups -OCH3 is 1. The maximum absolute atomic E-state index is 11.6. The summed E-state index contributed by atoms with van der Waals surface area (Å²) in [5.74, 6) is 5.64. The van der Waals surface area contributed by atoms with Crippen molar-refractivity contribution in [2.45, 2.75) is 38.8 Å². The number of hydrazine groups is 1. The van der Waals surface area contributed by atoms with Gasteiger partial charge in [0.15, 0.2) is 0 Å². The van der Waals surface area contributed by atoms with E-state index in [1.54, 1.807) is 7.11 Å². The molecule has 1 heterocycles. The lowest BCUT2D eigenvalue weighted by atomic mass is 9.94. The number of hydrogen-bond donors (Lipinski definition) is 2. The normalized spacial score (nSPS) is 28.8. The average Bonchev–Trinajstić information content (AvgIpc) is 2.31. The minimum absolute atomic E-state index is 0.105. The molecule has 3 unspecified atom stereocenters. The zero-order chi connectivity index (χ0) is 12.1. The molecule has 0 aromatic heterocycles. The second kappa shape index (κ2) is 6.18. The summed E-state index contributed by atoms with van der Waals surface area (Å²) in [5.41, 5.74) is 2.24. The van der Waals surface area contributed by atoms with Crippen LogP contribution in [0, 0.1) is 5.92 Å². The Morgan fingerprint density at radius 3 is 2.88 bits per heavy atom. The van der Waals surface area contributed by atoms with Crippen LogP contribution in [0.25, 0.3) is 0 Å². The molecular formula is C11H23N3O2. The van der Waals surface area contributed by atoms with Crippen LogP contribution in [0.3, 0.4) is 0 Å². The van der Waals surface area contributed by atoms with Crippen molar-refractivity contribution >= 4 is 5.91 Å². The van der Waals surface area contributed by atoms with E-state index in [4.69, 9.17) is 10.6 Å². The summed E-state index contributed by atoms with van der Waals surface area (Å²) < 4.78 is 5.44. The van der Waals surface area contributed by atoms with Crippen molar-refractivity contribution in [2.75, 3.05) is 20.2 Å². The molecular weight excluding hydrogens is 206 g/mol. The maximum atomic E-state index is 11.6. The SMILES string of the molecule is CCC(C(=O)NN)N1CCC(C)C(OC)C1. The van der Waals surface area contributed by atoms with Gasteiger partial charge in [-0.1, -0.05) is 13.8 Å². The lowest BCUT2D eigenvalue weighted by Gasteiger charge is -2.39. The molecule has 94 valence electrons. The number of amides is 1. The summed E-state index contributed by atoms with van der Waals surface area (Å²) in [5, 5.41) is 0. The summed E-state index contributed by atoms with van der Waals surface area (Å²) >= 11 is 0. The van der Waals surface area contributed by atoms with Gasteiger partial charge in [0.05, 0.1) is 12.1 Å². The molecule has 0 bridgehead atoms. The molecule has 16 heavy (non-hydrogen) atoms. The first-order valence-electron chi connectivity index (χ1n) is 5.91. The molecule has 3 atom stereocenters. The van der Waals surface area contributed by atoms with E-state index in [9.17, 15) is 4.79 Å². The number of hydrogen-bond acceptors (Lipinski definition) is 4. The Hall–Kier alpha value is -0.650. The molecule has 5 nitrogen and oxygen atoms in total. The maximum Gasteiger partial charge on any atom is 0.251 e. The summed E-state index contributed by atoms with van der Waals surface area (Å²) in [4.78, 5) is 13.8. The monoisotopic (exact) mass is 229 g/mol. The van der Waals surface area contributed by atoms with E-state index in [2.05, 4.69) is 17.2 Å². The van der Waals surface area contributed by atoms with Crippen LogP contribution in [0.15, 0.2) is 0 Å². The van der Waals surface area contributed by atoms with E-state index < -0.39 is 0 Å². The number of nitrogens with zero attached hydrogens (tertiary/aromatic N) is 1. The number of ether oxygens (including phenoxy) is 1. The highest BCUT2D eigenvalue weighted by molar-refractivity contribution is 5.81. The van der Waals surface area contributed by atoms with Crippen LogP contribution in [0.1, 0.15) is 26.7 Å². The molecule has 0 saturated carbocycles. The quantitative estimate of drug-likeness (QED) is 0.408. The number of carbonyl (C=O) groups is 1. The van der Waals surface area contributed by atoms with Gasteiger partial charge in [0.1, 0.15) is 0 Å². The van der Waals surface area contributed by atoms with Crippen LogP contribution in [0.2, 0.25) is 0 Å². The molecule has 1 aliphatic rings. The Morgan fingerprint density at radius 2 is 2.38 bits per heavy atom. The zero-order valence-corrected chi connectivity index (χ0v) is 10.4. The van der Waals surface area contributed by atoms with E-state index in [0.29, 0.717) is 5.92 Å². The smallest absolute Gasteiger partial charge is 0.251 e. The molecule has 3 N–H and O–H groups in total. The molecule has 1 aliphatic heterocycles. The van der Waals surface area contributed by atoms with Gasteiger partial charge in [0.25, 0.3) is 5.91 Å². The second-order valence-corrected chi connectivity index (χ2v) is 4.47. The number of rotatable bonds is 4. The number of nitrogens with one attached hydrogen (secondary N) is 1. The lowest BCUT2D eigenvalue weighted by Crippen LogP contribution is -2.54. The largest absolute Gasteiger partial charge is 0.380 e. The molecule has 1 amide bonds. The third-order valence-corrected chi connectivity index (χ3v) is 3.50. The molecule has 1 saturated heterocycles. The number of nitrogens with two attached hydrogens (primary N) is 1. The van der Waals surface area contributed by atoms with Gasteiger partial charge in [-0.05, 0) is 25.3 Å². The Labute approximate surface area is 97.3 Å². The number of likely N-dealkylation sites (tertiary alicyclic amines) is 1. The topological polar surface area (TPSA) is 67.6 Å². The minimum atomic E-state index is -0.129. The summed E-state index contributed by atoms with van der Waals surface area (Å²) in [6.45, 7) is 5.94. The molecule has 1 fully saturated rings. The van der Waals surface area contributed by atoms with Gasteiger partial charge in [0, 0.05) is 13.7 Å². The predicted octanol–water partition coefficient (Wildman–Crippen LogP) is 0.112. The fourth-order valence-corrected chi connectivity index (χ4v) is 2.35. The van der Waals surface area contributed by atoms with E-state index in [-0.39, 0.29) is 18.1 Å². The first kappa shape index (κ1) is 13.4. The first-order valence-corrected chi connectivity index (χ1v) is 5.91. The van der Waals surface area contributed by atoms with Crippen molar-refractivity contribution in [3.05, 3.63) is 0 Å². The molecule has 0 aliphatic carbocycles. The van der Waals surface area contributed by atoms with Crippen LogP contribution >= 0.6 is 0 Å². The number of carbonyl (C=O) groups excluding carboxylic acids is 1. The molecule has 0 radical (unpaired) electrons. The Balaban J connectivity index is 2.62. The molecule has 0 spiro atoms. The second-order valence-electron chi connectivity index (χ2n) is 4.47.